The Bertz CT molecular complexity index is 322. The first-order valence-corrected chi connectivity index (χ1v) is 8.42. The van der Waals surface area contributed by atoms with Gasteiger partial charge < -0.3 is 15.1 Å². The average molecular weight is 280 g/mol. The topological polar surface area (TPSA) is 30.9 Å². The highest BCUT2D eigenvalue weighted by Gasteiger charge is 2.33. The quantitative estimate of drug-likeness (QED) is 0.618. The van der Waals surface area contributed by atoms with Gasteiger partial charge in [-0.25, -0.2) is 0 Å². The van der Waals surface area contributed by atoms with E-state index >= 15 is 0 Å². The Balaban J connectivity index is 1.85. The summed E-state index contributed by atoms with van der Waals surface area (Å²) in [6, 6.07) is 0. The van der Waals surface area contributed by atoms with Gasteiger partial charge in [0.1, 0.15) is 0 Å². The molecule has 1 unspecified atom stereocenters. The Morgan fingerprint density at radius 1 is 1.20 bits per heavy atom. The molecule has 0 radical (unpaired) electrons. The molecule has 2 heterocycles. The standard InChI is InChI=1S/C16H32N4/c1-4-16(3)8-12-20(14-16)15(17-5-2)18-9-13-19-10-6-7-11-19/h4-14H2,1-3H3,(H,17,18). The van der Waals surface area contributed by atoms with Gasteiger partial charge in [0.25, 0.3) is 0 Å². The summed E-state index contributed by atoms with van der Waals surface area (Å²) in [5.41, 5.74) is 0.477. The van der Waals surface area contributed by atoms with Crippen molar-refractivity contribution in [2.75, 3.05) is 45.8 Å². The van der Waals surface area contributed by atoms with E-state index < -0.39 is 0 Å². The molecule has 20 heavy (non-hydrogen) atoms. The van der Waals surface area contributed by atoms with Crippen LogP contribution >= 0.6 is 0 Å². The molecule has 0 aromatic heterocycles. The van der Waals surface area contributed by atoms with Crippen molar-refractivity contribution in [2.45, 2.75) is 46.5 Å². The van der Waals surface area contributed by atoms with Crippen LogP contribution in [-0.2, 0) is 0 Å². The van der Waals surface area contributed by atoms with Gasteiger partial charge in [-0.05, 0) is 51.1 Å². The van der Waals surface area contributed by atoms with Crippen molar-refractivity contribution in [3.63, 3.8) is 0 Å². The zero-order valence-corrected chi connectivity index (χ0v) is 13.6. The van der Waals surface area contributed by atoms with E-state index in [4.69, 9.17) is 4.99 Å². The van der Waals surface area contributed by atoms with Crippen LogP contribution in [0.5, 0.6) is 0 Å². The summed E-state index contributed by atoms with van der Waals surface area (Å²) in [5.74, 6) is 1.13. The summed E-state index contributed by atoms with van der Waals surface area (Å²) in [6.07, 6.45) is 5.28. The van der Waals surface area contributed by atoms with Crippen molar-refractivity contribution in [1.82, 2.24) is 15.1 Å². The molecule has 2 saturated heterocycles. The Kier molecular flexibility index (Phi) is 5.70. The Hall–Kier alpha value is -0.770. The predicted octanol–water partition coefficient (Wildman–Crippen LogP) is 2.17. The Morgan fingerprint density at radius 2 is 1.95 bits per heavy atom. The average Bonchev–Trinajstić information content (AvgIpc) is 3.08. The summed E-state index contributed by atoms with van der Waals surface area (Å²) in [5, 5.41) is 3.47. The smallest absolute Gasteiger partial charge is 0.193 e. The van der Waals surface area contributed by atoms with Gasteiger partial charge in [-0.15, -0.1) is 0 Å². The molecule has 0 aliphatic carbocycles. The lowest BCUT2D eigenvalue weighted by Gasteiger charge is -2.25. The van der Waals surface area contributed by atoms with Crippen molar-refractivity contribution in [3.05, 3.63) is 0 Å². The van der Waals surface area contributed by atoms with Crippen LogP contribution in [0.4, 0.5) is 0 Å². The molecule has 2 fully saturated rings. The van der Waals surface area contributed by atoms with Gasteiger partial charge in [0, 0.05) is 26.2 Å². The molecule has 0 bridgehead atoms. The number of likely N-dealkylation sites (tertiary alicyclic amines) is 2. The van der Waals surface area contributed by atoms with Crippen LogP contribution in [0.25, 0.3) is 0 Å². The molecule has 2 aliphatic heterocycles. The fourth-order valence-electron chi connectivity index (χ4n) is 3.22. The van der Waals surface area contributed by atoms with E-state index in [1.165, 1.54) is 38.8 Å². The summed E-state index contributed by atoms with van der Waals surface area (Å²) in [4.78, 5) is 9.84. The Labute approximate surface area is 124 Å². The molecule has 0 spiro atoms. The first kappa shape index (κ1) is 15.6. The molecular formula is C16H32N4. The highest BCUT2D eigenvalue weighted by atomic mass is 15.3. The maximum Gasteiger partial charge on any atom is 0.193 e. The minimum atomic E-state index is 0.477. The van der Waals surface area contributed by atoms with Gasteiger partial charge in [-0.3, -0.25) is 4.99 Å². The molecule has 0 saturated carbocycles. The Morgan fingerprint density at radius 3 is 2.55 bits per heavy atom. The number of hydrogen-bond acceptors (Lipinski definition) is 2. The summed E-state index contributed by atoms with van der Waals surface area (Å²) in [7, 11) is 0. The molecule has 0 aromatic rings. The molecule has 1 N–H and O–H groups in total. The third-order valence-electron chi connectivity index (χ3n) is 4.92. The van der Waals surface area contributed by atoms with Gasteiger partial charge in [-0.2, -0.15) is 0 Å². The minimum Gasteiger partial charge on any atom is -0.357 e. The van der Waals surface area contributed by atoms with Gasteiger partial charge in [0.2, 0.25) is 0 Å². The van der Waals surface area contributed by atoms with Crippen LogP contribution in [0.15, 0.2) is 4.99 Å². The van der Waals surface area contributed by atoms with Crippen LogP contribution in [0, 0.1) is 5.41 Å². The van der Waals surface area contributed by atoms with Crippen molar-refractivity contribution in [2.24, 2.45) is 10.4 Å². The highest BCUT2D eigenvalue weighted by molar-refractivity contribution is 5.80. The summed E-state index contributed by atoms with van der Waals surface area (Å²) < 4.78 is 0. The lowest BCUT2D eigenvalue weighted by atomic mass is 9.87. The number of rotatable bonds is 5. The molecule has 0 aromatic carbocycles. The van der Waals surface area contributed by atoms with Crippen LogP contribution in [-0.4, -0.2) is 61.6 Å². The van der Waals surface area contributed by atoms with E-state index in [0.717, 1.165) is 38.7 Å². The van der Waals surface area contributed by atoms with Gasteiger partial charge in [-0.1, -0.05) is 13.8 Å². The van der Waals surface area contributed by atoms with Gasteiger partial charge in [0.15, 0.2) is 5.96 Å². The van der Waals surface area contributed by atoms with Gasteiger partial charge in [0.05, 0.1) is 6.54 Å². The molecule has 0 amide bonds. The van der Waals surface area contributed by atoms with E-state index in [9.17, 15) is 0 Å². The third-order valence-corrected chi connectivity index (χ3v) is 4.92. The van der Waals surface area contributed by atoms with Crippen LogP contribution in [0.3, 0.4) is 0 Å². The van der Waals surface area contributed by atoms with Crippen LogP contribution in [0.2, 0.25) is 0 Å². The molecule has 2 rings (SSSR count). The minimum absolute atomic E-state index is 0.477. The van der Waals surface area contributed by atoms with Crippen molar-refractivity contribution in [1.29, 1.82) is 0 Å². The van der Waals surface area contributed by atoms with Crippen molar-refractivity contribution >= 4 is 5.96 Å². The second kappa shape index (κ2) is 7.30. The van der Waals surface area contributed by atoms with E-state index in [0.29, 0.717) is 5.41 Å². The third kappa shape index (κ3) is 4.11. The lowest BCUT2D eigenvalue weighted by molar-refractivity contribution is 0.320. The monoisotopic (exact) mass is 280 g/mol. The fraction of sp³-hybridized carbons (Fsp3) is 0.938. The zero-order chi connectivity index (χ0) is 14.4. The van der Waals surface area contributed by atoms with E-state index in [2.05, 4.69) is 35.9 Å². The number of hydrogen-bond donors (Lipinski definition) is 1. The van der Waals surface area contributed by atoms with E-state index in [-0.39, 0.29) is 0 Å². The van der Waals surface area contributed by atoms with Crippen molar-refractivity contribution in [3.8, 4) is 0 Å². The molecule has 4 heteroatoms. The number of aliphatic imine (C=N–C) groups is 1. The summed E-state index contributed by atoms with van der Waals surface area (Å²) in [6.45, 7) is 14.7. The maximum atomic E-state index is 4.85. The second-order valence-corrected chi connectivity index (χ2v) is 6.62. The van der Waals surface area contributed by atoms with Crippen LogP contribution in [0.1, 0.15) is 46.5 Å². The van der Waals surface area contributed by atoms with Crippen molar-refractivity contribution < 1.29 is 0 Å². The second-order valence-electron chi connectivity index (χ2n) is 6.62. The first-order chi connectivity index (χ1) is 9.67. The molecule has 2 aliphatic rings. The maximum absolute atomic E-state index is 4.85. The number of guanidine groups is 1. The number of nitrogens with one attached hydrogen (secondary N) is 1. The predicted molar refractivity (Wildman–Crippen MR) is 86.2 cm³/mol. The number of nitrogens with zero attached hydrogens (tertiary/aromatic N) is 3. The SMILES string of the molecule is CCNC(=NCCN1CCCC1)N1CCC(C)(CC)C1. The normalized spacial score (nSPS) is 28.4. The largest absolute Gasteiger partial charge is 0.357 e. The molecule has 4 nitrogen and oxygen atoms in total. The van der Waals surface area contributed by atoms with Crippen LogP contribution < -0.4 is 5.32 Å². The summed E-state index contributed by atoms with van der Waals surface area (Å²) >= 11 is 0. The molecule has 1 atom stereocenters. The molecular weight excluding hydrogens is 248 g/mol. The van der Waals surface area contributed by atoms with E-state index in [1.807, 2.05) is 0 Å². The molecule has 116 valence electrons. The van der Waals surface area contributed by atoms with Gasteiger partial charge >= 0.3 is 0 Å². The fourth-order valence-corrected chi connectivity index (χ4v) is 3.22. The highest BCUT2D eigenvalue weighted by Crippen LogP contribution is 2.32. The first-order valence-electron chi connectivity index (χ1n) is 8.42. The van der Waals surface area contributed by atoms with E-state index in [1.54, 1.807) is 0 Å². The zero-order valence-electron chi connectivity index (χ0n) is 13.6. The lowest BCUT2D eigenvalue weighted by Crippen LogP contribution is -2.41.